The fraction of sp³-hybridized carbons (Fsp3) is 0.667. The van der Waals surface area contributed by atoms with E-state index in [1.807, 2.05) is 36.4 Å². The lowest BCUT2D eigenvalue weighted by Gasteiger charge is -2.13. The van der Waals surface area contributed by atoms with E-state index in [1.165, 1.54) is 231 Å². The molecule has 6 heteroatoms. The lowest BCUT2D eigenvalue weighted by atomic mass is 10.1. The molecular weight excluding hydrogens is 1180 g/mol. The van der Waals surface area contributed by atoms with Crippen LogP contribution in [0.2, 0.25) is 0 Å². The van der Waals surface area contributed by atoms with Crippen molar-refractivity contribution in [3.63, 3.8) is 0 Å². The van der Waals surface area contributed by atoms with E-state index < -0.39 is 0 Å². The standard InChI is InChI=1S/C90H132O6/c1-7-13-19-25-31-37-43-55-67-91-85-73-79-61-49-50-63-81-75-87(93-69-57-45-39-33-27-21-15-9-3)89(95-71-59-47-41-35-29-23-17-11-5)77-83(81)65-53-54-66-84-78-90(96-72-60-48-42-36-30-24-18-12-6)88(94-70-58-46-40-34-28-22-16-10-4)76-82(84)64-52-51-62-80(79)74-86(85)92-68-56-44-38-32-26-20-14-8-2/h73-78H,7-48,55-60,67-72H2,1-6H3. The molecule has 0 amide bonds. The molecule has 0 aromatic heterocycles. The minimum atomic E-state index is 0.595. The maximum atomic E-state index is 6.66. The molecule has 0 aliphatic rings. The van der Waals surface area contributed by atoms with Gasteiger partial charge in [-0.3, -0.25) is 0 Å². The average molecular weight is 1310 g/mol. The monoisotopic (exact) mass is 1310 g/mol. The Labute approximate surface area is 590 Å². The zero-order valence-corrected chi connectivity index (χ0v) is 62.1. The van der Waals surface area contributed by atoms with Gasteiger partial charge in [-0.15, -0.1) is 0 Å². The molecule has 0 N–H and O–H groups in total. The van der Waals surface area contributed by atoms with Crippen molar-refractivity contribution in [2.45, 2.75) is 350 Å². The first-order chi connectivity index (χ1) is 47.5. The lowest BCUT2D eigenvalue weighted by molar-refractivity contribution is 0.259. The summed E-state index contributed by atoms with van der Waals surface area (Å²) >= 11 is 0. The van der Waals surface area contributed by atoms with Crippen LogP contribution in [0.25, 0.3) is 32.3 Å². The topological polar surface area (TPSA) is 55.4 Å². The van der Waals surface area contributed by atoms with E-state index in [0.29, 0.717) is 106 Å². The molecule has 6 nitrogen and oxygen atoms in total. The molecule has 4 aromatic carbocycles. The number of unbranched alkanes of at least 4 members (excludes halogenated alkanes) is 42. The number of ether oxygens (including phenoxy) is 6. The first-order valence-corrected chi connectivity index (χ1v) is 39.9. The van der Waals surface area contributed by atoms with E-state index in [-0.39, 0.29) is 0 Å². The van der Waals surface area contributed by atoms with Gasteiger partial charge in [0, 0.05) is 68.7 Å². The first kappa shape index (κ1) is 82.2. The highest BCUT2D eigenvalue weighted by Gasteiger charge is 2.12. The Kier molecular flexibility index (Phi) is 50.5. The zero-order chi connectivity index (χ0) is 68.1. The summed E-state index contributed by atoms with van der Waals surface area (Å²) in [6.07, 6.45) is 58.7. The predicted molar refractivity (Wildman–Crippen MR) is 407 cm³/mol. The van der Waals surface area contributed by atoms with Gasteiger partial charge in [0.05, 0.1) is 39.6 Å². The van der Waals surface area contributed by atoms with E-state index in [1.54, 1.807) is 0 Å². The maximum Gasteiger partial charge on any atom is 0.162 e. The molecule has 96 heavy (non-hydrogen) atoms. The molecule has 0 spiro atoms. The third-order valence-electron chi connectivity index (χ3n) is 18.2. The smallest absolute Gasteiger partial charge is 0.162 e. The van der Waals surface area contributed by atoms with Crippen LogP contribution in [0.4, 0.5) is 0 Å². The normalized spacial score (nSPS) is 10.7. The third-order valence-corrected chi connectivity index (χ3v) is 18.2. The molecule has 0 aliphatic heterocycles. The third kappa shape index (κ3) is 39.9. The highest BCUT2D eigenvalue weighted by Crippen LogP contribution is 2.35. The summed E-state index contributed by atoms with van der Waals surface area (Å²) in [5.41, 5.74) is 0. The van der Waals surface area contributed by atoms with Gasteiger partial charge in [-0.05, 0) is 74.9 Å². The fourth-order valence-corrected chi connectivity index (χ4v) is 12.1. The Morgan fingerprint density at radius 2 is 0.281 bits per heavy atom. The Morgan fingerprint density at radius 1 is 0.167 bits per heavy atom. The highest BCUT2D eigenvalue weighted by atomic mass is 16.5. The summed E-state index contributed by atoms with van der Waals surface area (Å²) in [5.74, 6) is 4.08. The van der Waals surface area contributed by atoms with Crippen LogP contribution >= 0.6 is 0 Å². The van der Waals surface area contributed by atoms with Gasteiger partial charge in [0.2, 0.25) is 0 Å². The van der Waals surface area contributed by atoms with Crippen LogP contribution in [0.5, 0.6) is 34.5 Å². The van der Waals surface area contributed by atoms with Gasteiger partial charge in [0.15, 0.2) is 34.5 Å². The van der Waals surface area contributed by atoms with E-state index >= 15 is 0 Å². The molecular formula is C90H132O6. The van der Waals surface area contributed by atoms with Gasteiger partial charge in [0.25, 0.3) is 0 Å². The molecule has 528 valence electrons. The largest absolute Gasteiger partial charge is 0.490 e. The number of fused-ring (bicyclic) bond motifs is 3. The number of benzene rings is 3. The Morgan fingerprint density at radius 3 is 0.406 bits per heavy atom. The molecule has 0 saturated carbocycles. The predicted octanol–water partition coefficient (Wildman–Crippen LogP) is 27.2. The molecule has 0 unspecified atom stereocenters. The average Bonchev–Trinajstić information content (AvgIpc) is 0.888. The van der Waals surface area contributed by atoms with Gasteiger partial charge in [-0.25, -0.2) is 0 Å². The lowest BCUT2D eigenvalue weighted by Crippen LogP contribution is -2.03. The molecule has 0 radical (unpaired) electrons. The van der Waals surface area contributed by atoms with Gasteiger partial charge in [-0.2, -0.15) is 0 Å². The summed E-state index contributed by atoms with van der Waals surface area (Å²) in [7, 11) is 0. The molecule has 4 aromatic rings. The van der Waals surface area contributed by atoms with Crippen LogP contribution in [-0.2, 0) is 0 Å². The maximum absolute atomic E-state index is 6.66. The van der Waals surface area contributed by atoms with Crippen LogP contribution < -0.4 is 28.4 Å². The van der Waals surface area contributed by atoms with Gasteiger partial charge < -0.3 is 28.4 Å². The van der Waals surface area contributed by atoms with Crippen molar-refractivity contribution < 1.29 is 28.4 Å². The second-order valence-corrected chi connectivity index (χ2v) is 27.0. The second kappa shape index (κ2) is 58.9. The number of hydrogen-bond acceptors (Lipinski definition) is 6. The molecule has 0 bridgehead atoms. The van der Waals surface area contributed by atoms with Gasteiger partial charge in [-0.1, -0.05) is 348 Å². The van der Waals surface area contributed by atoms with Crippen molar-refractivity contribution in [1.29, 1.82) is 0 Å². The van der Waals surface area contributed by atoms with Gasteiger partial charge in [0.1, 0.15) is 0 Å². The van der Waals surface area contributed by atoms with Crippen LogP contribution in [-0.4, -0.2) is 39.6 Å². The van der Waals surface area contributed by atoms with E-state index in [0.717, 1.165) is 77.0 Å². The number of hydrogen-bond donors (Lipinski definition) is 0. The Balaban J connectivity index is 1.90. The summed E-state index contributed by atoms with van der Waals surface area (Å²) in [6, 6.07) is 51.8. The molecule has 0 atom stereocenters. The van der Waals surface area contributed by atoms with Crippen molar-refractivity contribution >= 4 is 32.3 Å². The fourth-order valence-electron chi connectivity index (χ4n) is 12.1. The summed E-state index contributed by atoms with van der Waals surface area (Å²) < 4.78 is 39.9. The van der Waals surface area contributed by atoms with Crippen molar-refractivity contribution in [1.82, 2.24) is 0 Å². The van der Waals surface area contributed by atoms with Crippen molar-refractivity contribution in [2.75, 3.05) is 39.6 Å². The van der Waals surface area contributed by atoms with Crippen molar-refractivity contribution in [2.24, 2.45) is 0 Å². The van der Waals surface area contributed by atoms with E-state index in [9.17, 15) is 0 Å². The quantitative estimate of drug-likeness (QED) is 0.0411. The molecule has 4 rings (SSSR count). The molecule has 0 fully saturated rings. The van der Waals surface area contributed by atoms with E-state index in [2.05, 4.69) is 114 Å². The molecule has 0 aliphatic carbocycles. The van der Waals surface area contributed by atoms with Crippen LogP contribution in [0.3, 0.4) is 0 Å². The minimum absolute atomic E-state index is 0.595. The molecule has 0 saturated heterocycles. The SMILES string of the molecule is CCCCCCCCCCOc1cc2c#cc#cc3cc(OCCCCCCCCCC)c(OCCCCCCCCCC)cc3c#cc#cc3cc(OCCCCCCCCCC)c(OCCCCCCCCCC)cc3c#cc#cc2cc1OCCCCCCCCCC. The summed E-state index contributed by atoms with van der Waals surface area (Å²) in [5, 5.41) is 4.20. The summed E-state index contributed by atoms with van der Waals surface area (Å²) in [4.78, 5) is 0. The number of rotatable bonds is 60. The first-order valence-electron chi connectivity index (χ1n) is 39.9. The minimum Gasteiger partial charge on any atom is -0.490 e. The Hall–Kier alpha value is -6.18. The van der Waals surface area contributed by atoms with Crippen molar-refractivity contribution in [3.05, 3.63) is 109 Å². The summed E-state index contributed by atoms with van der Waals surface area (Å²) in [6.45, 7) is 17.2. The van der Waals surface area contributed by atoms with Crippen LogP contribution in [0.1, 0.15) is 350 Å². The van der Waals surface area contributed by atoms with Crippen LogP contribution in [0, 0.1) is 72.8 Å². The van der Waals surface area contributed by atoms with Crippen LogP contribution in [0.15, 0.2) is 36.4 Å². The van der Waals surface area contributed by atoms with E-state index in [4.69, 9.17) is 28.4 Å². The van der Waals surface area contributed by atoms with Crippen molar-refractivity contribution in [3.8, 4) is 34.5 Å². The Bertz CT molecular complexity index is 2240. The second-order valence-electron chi connectivity index (χ2n) is 27.0. The molecule has 0 heterocycles. The zero-order valence-electron chi connectivity index (χ0n) is 62.1. The van der Waals surface area contributed by atoms with Gasteiger partial charge >= 0.3 is 0 Å². The highest BCUT2D eigenvalue weighted by molar-refractivity contribution is 5.85.